The van der Waals surface area contributed by atoms with E-state index in [0.29, 0.717) is 16.4 Å². The van der Waals surface area contributed by atoms with E-state index in [9.17, 15) is 9.90 Å². The highest BCUT2D eigenvalue weighted by atomic mass is 35.5. The molecule has 1 heterocycles. The fraction of sp³-hybridized carbons (Fsp3) is 0.167. The van der Waals surface area contributed by atoms with E-state index in [2.05, 4.69) is 5.10 Å². The van der Waals surface area contributed by atoms with Crippen molar-refractivity contribution in [2.45, 2.75) is 6.61 Å². The maximum Gasteiger partial charge on any atom is 0.356 e. The van der Waals surface area contributed by atoms with Crippen molar-refractivity contribution in [1.29, 1.82) is 0 Å². The number of carboxylic acids is 1. The van der Waals surface area contributed by atoms with E-state index in [0.717, 1.165) is 0 Å². The van der Waals surface area contributed by atoms with Crippen LogP contribution in [0.15, 0.2) is 24.3 Å². The Labute approximate surface area is 113 Å². The zero-order chi connectivity index (χ0) is 14.0. The second-order valence-corrected chi connectivity index (χ2v) is 4.24. The minimum atomic E-state index is -1.15. The average Bonchev–Trinajstić information content (AvgIpc) is 2.77. The first kappa shape index (κ1) is 13.4. The maximum absolute atomic E-state index is 10.9. The Morgan fingerprint density at radius 3 is 2.84 bits per heavy atom. The van der Waals surface area contributed by atoms with Crippen LogP contribution in [0.3, 0.4) is 0 Å². The molecule has 0 fully saturated rings. The van der Waals surface area contributed by atoms with Gasteiger partial charge in [-0.3, -0.25) is 0 Å². The van der Waals surface area contributed by atoms with Crippen molar-refractivity contribution < 1.29 is 19.7 Å². The lowest BCUT2D eigenvalue weighted by Gasteiger charge is -2.08. The van der Waals surface area contributed by atoms with Crippen LogP contribution in [0.5, 0.6) is 5.75 Å². The Hall–Kier alpha value is -2.05. The quantitative estimate of drug-likeness (QED) is 0.897. The Morgan fingerprint density at radius 2 is 2.21 bits per heavy atom. The van der Waals surface area contributed by atoms with E-state index in [1.165, 1.54) is 36.1 Å². The van der Waals surface area contributed by atoms with Crippen molar-refractivity contribution in [3.8, 4) is 11.4 Å². The summed E-state index contributed by atoms with van der Waals surface area (Å²) >= 11 is 5.87. The topological polar surface area (TPSA) is 84.6 Å². The van der Waals surface area contributed by atoms with Gasteiger partial charge >= 0.3 is 5.97 Å². The molecule has 0 aliphatic carbocycles. The number of phenols is 1. The average molecular weight is 283 g/mol. The summed E-state index contributed by atoms with van der Waals surface area (Å²) in [6.07, 6.45) is 0. The van der Waals surface area contributed by atoms with Crippen LogP contribution in [0.1, 0.15) is 16.2 Å². The van der Waals surface area contributed by atoms with Crippen molar-refractivity contribution >= 4 is 17.6 Å². The Morgan fingerprint density at radius 1 is 1.47 bits per heavy atom. The summed E-state index contributed by atoms with van der Waals surface area (Å²) in [4.78, 5) is 10.9. The largest absolute Gasteiger partial charge is 0.506 e. The molecule has 0 spiro atoms. The molecule has 0 aliphatic heterocycles. The van der Waals surface area contributed by atoms with Gasteiger partial charge in [0.05, 0.1) is 12.3 Å². The number of aromatic hydroxyl groups is 1. The fourth-order valence-electron chi connectivity index (χ4n) is 1.65. The first-order valence-corrected chi connectivity index (χ1v) is 5.70. The number of carbonyl (C=O) groups is 1. The van der Waals surface area contributed by atoms with E-state index >= 15 is 0 Å². The number of halogens is 1. The van der Waals surface area contributed by atoms with Crippen molar-refractivity contribution in [2.75, 3.05) is 7.11 Å². The van der Waals surface area contributed by atoms with Gasteiger partial charge in [0.2, 0.25) is 0 Å². The van der Waals surface area contributed by atoms with E-state index < -0.39 is 5.97 Å². The summed E-state index contributed by atoms with van der Waals surface area (Å²) in [6.45, 7) is 0.159. The zero-order valence-corrected chi connectivity index (χ0v) is 10.8. The molecule has 6 nitrogen and oxygen atoms in total. The molecule has 0 saturated heterocycles. The number of phenolic OH excluding ortho intramolecular Hbond substituents is 1. The maximum atomic E-state index is 10.9. The molecular weight excluding hydrogens is 272 g/mol. The lowest BCUT2D eigenvalue weighted by atomic mass is 10.3. The van der Waals surface area contributed by atoms with Gasteiger partial charge in [0.15, 0.2) is 5.69 Å². The van der Waals surface area contributed by atoms with Crippen LogP contribution in [0.4, 0.5) is 0 Å². The molecule has 2 aromatic rings. The van der Waals surface area contributed by atoms with Crippen LogP contribution in [0.2, 0.25) is 5.02 Å². The first-order valence-electron chi connectivity index (χ1n) is 5.33. The highest BCUT2D eigenvalue weighted by Gasteiger charge is 2.16. The molecule has 7 heteroatoms. The lowest BCUT2D eigenvalue weighted by Crippen LogP contribution is -2.04. The smallest absolute Gasteiger partial charge is 0.356 e. The minimum Gasteiger partial charge on any atom is -0.506 e. The zero-order valence-electron chi connectivity index (χ0n) is 10.00. The number of hydrogen-bond donors (Lipinski definition) is 2. The predicted molar refractivity (Wildman–Crippen MR) is 67.9 cm³/mol. The third-order valence-electron chi connectivity index (χ3n) is 2.46. The Balaban J connectivity index is 2.59. The first-order chi connectivity index (χ1) is 9.02. The van der Waals surface area contributed by atoms with Crippen LogP contribution < -0.4 is 0 Å². The lowest BCUT2D eigenvalue weighted by molar-refractivity contribution is 0.0690. The second-order valence-electron chi connectivity index (χ2n) is 3.80. The van der Waals surface area contributed by atoms with Crippen LogP contribution in [-0.2, 0) is 11.3 Å². The molecule has 0 radical (unpaired) electrons. The third kappa shape index (κ3) is 2.69. The molecule has 2 N–H and O–H groups in total. The summed E-state index contributed by atoms with van der Waals surface area (Å²) < 4.78 is 6.28. The standard InChI is InChI=1S/C12H11ClN2O4/c1-19-6-8-5-9(12(17)18)14-15(8)10-4-7(13)2-3-11(10)16/h2-5,16H,6H2,1H3,(H,17,18). The number of aromatic carboxylic acids is 1. The molecule has 0 amide bonds. The van der Waals surface area contributed by atoms with E-state index in [1.54, 1.807) is 0 Å². The van der Waals surface area contributed by atoms with Crippen molar-refractivity contribution in [1.82, 2.24) is 9.78 Å². The number of methoxy groups -OCH3 is 1. The van der Waals surface area contributed by atoms with Gasteiger partial charge in [-0.15, -0.1) is 0 Å². The number of nitrogens with zero attached hydrogens (tertiary/aromatic N) is 2. The molecule has 1 aromatic heterocycles. The minimum absolute atomic E-state index is 0.0539. The van der Waals surface area contributed by atoms with Crippen LogP contribution >= 0.6 is 11.6 Å². The summed E-state index contributed by atoms with van der Waals surface area (Å²) in [5.41, 5.74) is 0.663. The summed E-state index contributed by atoms with van der Waals surface area (Å²) in [5, 5.41) is 23.1. The summed E-state index contributed by atoms with van der Waals surface area (Å²) in [7, 11) is 1.48. The van der Waals surface area contributed by atoms with Gasteiger partial charge in [0.25, 0.3) is 0 Å². The molecule has 0 bridgehead atoms. The highest BCUT2D eigenvalue weighted by Crippen LogP contribution is 2.26. The predicted octanol–water partition coefficient (Wildman–Crippen LogP) is 2.08. The van der Waals surface area contributed by atoms with E-state index in [1.807, 2.05) is 0 Å². The number of carboxylic acid groups (broad SMARTS) is 1. The normalized spacial score (nSPS) is 10.6. The monoisotopic (exact) mass is 282 g/mol. The molecule has 0 unspecified atom stereocenters. The van der Waals surface area contributed by atoms with Gasteiger partial charge in [-0.25, -0.2) is 9.48 Å². The molecule has 19 heavy (non-hydrogen) atoms. The summed E-state index contributed by atoms with van der Waals surface area (Å²) in [6, 6.07) is 5.81. The van der Waals surface area contributed by atoms with Crippen molar-refractivity contribution in [3.63, 3.8) is 0 Å². The van der Waals surface area contributed by atoms with Crippen LogP contribution in [-0.4, -0.2) is 33.1 Å². The Kier molecular flexibility index (Phi) is 3.73. The SMILES string of the molecule is COCc1cc(C(=O)O)nn1-c1cc(Cl)ccc1O. The van der Waals surface area contributed by atoms with Gasteiger partial charge in [0.1, 0.15) is 11.4 Å². The summed E-state index contributed by atoms with van der Waals surface area (Å²) in [5.74, 6) is -1.21. The van der Waals surface area contributed by atoms with Gasteiger partial charge in [-0.05, 0) is 24.3 Å². The molecule has 100 valence electrons. The highest BCUT2D eigenvalue weighted by molar-refractivity contribution is 6.30. The second kappa shape index (κ2) is 5.29. The van der Waals surface area contributed by atoms with E-state index in [4.69, 9.17) is 21.4 Å². The molecule has 0 atom stereocenters. The molecule has 1 aromatic carbocycles. The number of hydrogen-bond acceptors (Lipinski definition) is 4. The van der Waals surface area contributed by atoms with Gasteiger partial charge in [-0.1, -0.05) is 11.6 Å². The molecule has 0 aliphatic rings. The Bertz CT molecular complexity index is 624. The molecule has 0 saturated carbocycles. The van der Waals surface area contributed by atoms with Gasteiger partial charge < -0.3 is 14.9 Å². The van der Waals surface area contributed by atoms with Crippen LogP contribution in [0, 0.1) is 0 Å². The van der Waals surface area contributed by atoms with E-state index in [-0.39, 0.29) is 18.1 Å². The van der Waals surface area contributed by atoms with Crippen LogP contribution in [0.25, 0.3) is 5.69 Å². The number of ether oxygens (including phenoxy) is 1. The molecular formula is C12H11ClN2O4. The molecule has 2 rings (SSSR count). The number of rotatable bonds is 4. The third-order valence-corrected chi connectivity index (χ3v) is 2.70. The van der Waals surface area contributed by atoms with Crippen molar-refractivity contribution in [2.24, 2.45) is 0 Å². The van der Waals surface area contributed by atoms with Gasteiger partial charge in [0, 0.05) is 12.1 Å². The number of aromatic nitrogens is 2. The van der Waals surface area contributed by atoms with Crippen molar-refractivity contribution in [3.05, 3.63) is 40.7 Å². The number of benzene rings is 1. The fourth-order valence-corrected chi connectivity index (χ4v) is 1.82. The van der Waals surface area contributed by atoms with Gasteiger partial charge in [-0.2, -0.15) is 5.10 Å².